The van der Waals surface area contributed by atoms with Gasteiger partial charge in [0, 0.05) is 11.2 Å². The van der Waals surface area contributed by atoms with Crippen molar-refractivity contribution in [2.75, 3.05) is 12.5 Å². The van der Waals surface area contributed by atoms with E-state index in [1.807, 2.05) is 6.26 Å². The zero-order valence-electron chi connectivity index (χ0n) is 9.81. The summed E-state index contributed by atoms with van der Waals surface area (Å²) in [7, 11) is -3.21. The first-order valence-corrected chi connectivity index (χ1v) is 7.89. The van der Waals surface area contributed by atoms with E-state index >= 15 is 0 Å². The van der Waals surface area contributed by atoms with Gasteiger partial charge in [0.1, 0.15) is 0 Å². The first-order valence-electron chi connectivity index (χ1n) is 4.77. The van der Waals surface area contributed by atoms with Gasteiger partial charge in [0.2, 0.25) is 0 Å². The van der Waals surface area contributed by atoms with E-state index in [0.29, 0.717) is 15.4 Å². The quantitative estimate of drug-likeness (QED) is 0.845. The maximum absolute atomic E-state index is 11.5. The van der Waals surface area contributed by atoms with Gasteiger partial charge in [-0.15, -0.1) is 11.8 Å². The minimum Gasteiger partial charge on any atom is -0.386 e. The minimum absolute atomic E-state index is 0.313. The molecule has 0 aliphatic heterocycles. The van der Waals surface area contributed by atoms with Crippen LogP contribution in [0.25, 0.3) is 0 Å². The van der Waals surface area contributed by atoms with Gasteiger partial charge >= 0.3 is 0 Å². The van der Waals surface area contributed by atoms with Crippen molar-refractivity contribution in [3.8, 4) is 0 Å². The van der Waals surface area contributed by atoms with Crippen molar-refractivity contribution in [2.24, 2.45) is 0 Å². The second-order valence-electron chi connectivity index (χ2n) is 4.20. The highest BCUT2D eigenvalue weighted by Crippen LogP contribution is 2.30. The van der Waals surface area contributed by atoms with E-state index in [9.17, 15) is 13.5 Å². The van der Waals surface area contributed by atoms with Crippen molar-refractivity contribution in [1.29, 1.82) is 0 Å². The summed E-state index contributed by atoms with van der Waals surface area (Å²) in [6.07, 6.45) is 3.00. The molecule has 0 aliphatic rings. The van der Waals surface area contributed by atoms with E-state index in [1.165, 1.54) is 18.0 Å². The van der Waals surface area contributed by atoms with E-state index in [1.54, 1.807) is 32.0 Å². The molecule has 5 heteroatoms. The Bertz CT molecular complexity index is 484. The molecule has 0 aliphatic carbocycles. The molecule has 0 heterocycles. The van der Waals surface area contributed by atoms with Crippen LogP contribution in [0.2, 0.25) is 0 Å². The highest BCUT2D eigenvalue weighted by Gasteiger charge is 2.20. The number of hydrogen-bond acceptors (Lipinski definition) is 4. The molecule has 0 unspecified atom stereocenters. The molecule has 0 atom stereocenters. The van der Waals surface area contributed by atoms with Gasteiger partial charge in [-0.25, -0.2) is 8.42 Å². The number of thioether (sulfide) groups is 1. The summed E-state index contributed by atoms with van der Waals surface area (Å²) in [5.41, 5.74) is -0.246. The molecule has 0 spiro atoms. The normalized spacial score (nSPS) is 12.8. The Labute approximate surface area is 101 Å². The molecule has 0 saturated heterocycles. The van der Waals surface area contributed by atoms with E-state index in [-0.39, 0.29) is 0 Å². The van der Waals surface area contributed by atoms with E-state index in [0.717, 1.165) is 0 Å². The van der Waals surface area contributed by atoms with Gasteiger partial charge in [0.05, 0.1) is 10.5 Å². The second kappa shape index (κ2) is 4.39. The minimum atomic E-state index is -3.21. The molecule has 0 saturated carbocycles. The zero-order chi connectivity index (χ0) is 12.6. The first kappa shape index (κ1) is 13.5. The molecule has 90 valence electrons. The SMILES string of the molecule is CSc1cc(C(C)(C)O)ccc1S(C)(=O)=O. The Hall–Kier alpha value is -0.520. The van der Waals surface area contributed by atoms with E-state index < -0.39 is 15.4 Å². The average molecular weight is 260 g/mol. The third kappa shape index (κ3) is 2.99. The number of aliphatic hydroxyl groups is 1. The second-order valence-corrected chi connectivity index (χ2v) is 7.03. The summed E-state index contributed by atoms with van der Waals surface area (Å²) in [4.78, 5) is 0.982. The number of hydrogen-bond donors (Lipinski definition) is 1. The lowest BCUT2D eigenvalue weighted by Crippen LogP contribution is -2.16. The maximum Gasteiger partial charge on any atom is 0.176 e. The molecule has 0 bridgehead atoms. The van der Waals surface area contributed by atoms with Crippen molar-refractivity contribution in [3.63, 3.8) is 0 Å². The van der Waals surface area contributed by atoms with Crippen LogP contribution in [0, 0.1) is 0 Å². The largest absolute Gasteiger partial charge is 0.386 e. The summed E-state index contributed by atoms with van der Waals surface area (Å²) in [5, 5.41) is 9.84. The fraction of sp³-hybridized carbons (Fsp3) is 0.455. The van der Waals surface area contributed by atoms with Crippen LogP contribution in [0.4, 0.5) is 0 Å². The molecule has 0 radical (unpaired) electrons. The van der Waals surface area contributed by atoms with Crippen LogP contribution in [0.1, 0.15) is 19.4 Å². The first-order chi connectivity index (χ1) is 7.16. The lowest BCUT2D eigenvalue weighted by atomic mass is 9.99. The van der Waals surface area contributed by atoms with Crippen molar-refractivity contribution in [2.45, 2.75) is 29.2 Å². The molecule has 0 amide bonds. The zero-order valence-corrected chi connectivity index (χ0v) is 11.4. The lowest BCUT2D eigenvalue weighted by molar-refractivity contribution is 0.0783. The van der Waals surface area contributed by atoms with Gasteiger partial charge in [-0.05, 0) is 37.8 Å². The monoisotopic (exact) mass is 260 g/mol. The van der Waals surface area contributed by atoms with Crippen molar-refractivity contribution >= 4 is 21.6 Å². The highest BCUT2D eigenvalue weighted by atomic mass is 32.2. The van der Waals surface area contributed by atoms with E-state index in [4.69, 9.17) is 0 Å². The van der Waals surface area contributed by atoms with Gasteiger partial charge < -0.3 is 5.11 Å². The molecule has 1 aromatic carbocycles. The van der Waals surface area contributed by atoms with Gasteiger partial charge in [-0.3, -0.25) is 0 Å². The summed E-state index contributed by atoms with van der Waals surface area (Å²) < 4.78 is 23.0. The Balaban J connectivity index is 3.40. The maximum atomic E-state index is 11.5. The summed E-state index contributed by atoms with van der Waals surface area (Å²) in [6.45, 7) is 3.35. The standard InChI is InChI=1S/C11H16O3S2/c1-11(2,12)8-5-6-10(16(4,13)14)9(7-8)15-3/h5-7,12H,1-4H3. The average Bonchev–Trinajstić information content (AvgIpc) is 2.14. The molecule has 0 fully saturated rings. The van der Waals surface area contributed by atoms with E-state index in [2.05, 4.69) is 0 Å². The Morgan fingerprint density at radius 2 is 1.88 bits per heavy atom. The van der Waals surface area contributed by atoms with Gasteiger partial charge in [0.25, 0.3) is 0 Å². The van der Waals surface area contributed by atoms with Crippen LogP contribution in [-0.4, -0.2) is 26.0 Å². The third-order valence-electron chi connectivity index (χ3n) is 2.27. The summed E-state index contributed by atoms with van der Waals surface area (Å²) in [5.74, 6) is 0. The molecule has 16 heavy (non-hydrogen) atoms. The summed E-state index contributed by atoms with van der Waals surface area (Å²) in [6, 6.07) is 4.92. The third-order valence-corrected chi connectivity index (χ3v) is 4.33. The van der Waals surface area contributed by atoms with Crippen LogP contribution in [0.15, 0.2) is 28.0 Å². The topological polar surface area (TPSA) is 54.4 Å². The molecule has 1 rings (SSSR count). The van der Waals surface area contributed by atoms with Crippen molar-refractivity contribution in [1.82, 2.24) is 0 Å². The highest BCUT2D eigenvalue weighted by molar-refractivity contribution is 7.99. The van der Waals surface area contributed by atoms with Crippen LogP contribution in [0.5, 0.6) is 0 Å². The van der Waals surface area contributed by atoms with Gasteiger partial charge in [-0.1, -0.05) is 6.07 Å². The molecular formula is C11H16O3S2. The lowest BCUT2D eigenvalue weighted by Gasteiger charge is -2.19. The summed E-state index contributed by atoms with van der Waals surface area (Å²) >= 11 is 1.36. The van der Waals surface area contributed by atoms with Crippen LogP contribution >= 0.6 is 11.8 Å². The van der Waals surface area contributed by atoms with Crippen LogP contribution in [0.3, 0.4) is 0 Å². The number of sulfone groups is 1. The predicted molar refractivity (Wildman–Crippen MR) is 66.6 cm³/mol. The van der Waals surface area contributed by atoms with Crippen LogP contribution < -0.4 is 0 Å². The number of benzene rings is 1. The Morgan fingerprint density at radius 1 is 1.31 bits per heavy atom. The van der Waals surface area contributed by atoms with Gasteiger partial charge in [-0.2, -0.15) is 0 Å². The molecular weight excluding hydrogens is 244 g/mol. The van der Waals surface area contributed by atoms with Gasteiger partial charge in [0.15, 0.2) is 9.84 Å². The molecule has 1 N–H and O–H groups in total. The smallest absolute Gasteiger partial charge is 0.176 e. The molecule has 3 nitrogen and oxygen atoms in total. The molecule has 0 aromatic heterocycles. The van der Waals surface area contributed by atoms with Crippen molar-refractivity contribution < 1.29 is 13.5 Å². The van der Waals surface area contributed by atoms with Crippen molar-refractivity contribution in [3.05, 3.63) is 23.8 Å². The van der Waals surface area contributed by atoms with Crippen LogP contribution in [-0.2, 0) is 15.4 Å². The fourth-order valence-electron chi connectivity index (χ4n) is 1.35. The fourth-order valence-corrected chi connectivity index (χ4v) is 3.31. The molecule has 1 aromatic rings. The Morgan fingerprint density at radius 3 is 2.25 bits per heavy atom. The number of rotatable bonds is 3. The predicted octanol–water partition coefficient (Wildman–Crippen LogP) is 2.04. The Kier molecular flexibility index (Phi) is 3.72.